The molecule has 6 nitrogen and oxygen atoms in total. The summed E-state index contributed by atoms with van der Waals surface area (Å²) in [5.41, 5.74) is -3.06. The van der Waals surface area contributed by atoms with Gasteiger partial charge in [-0.25, -0.2) is 9.78 Å². The first-order valence-electron chi connectivity index (χ1n) is 9.67. The van der Waals surface area contributed by atoms with Gasteiger partial charge < -0.3 is 9.52 Å². The van der Waals surface area contributed by atoms with Gasteiger partial charge in [0.25, 0.3) is 5.72 Å². The second-order valence-electron chi connectivity index (χ2n) is 7.50. The zero-order valence-corrected chi connectivity index (χ0v) is 20.0. The number of halogens is 5. The maximum atomic E-state index is 14.0. The van der Waals surface area contributed by atoms with Gasteiger partial charge >= 0.3 is 11.8 Å². The topological polar surface area (TPSA) is 78.9 Å². The number of hydrazone groups is 1. The second-order valence-corrected chi connectivity index (χ2v) is 9.69. The van der Waals surface area contributed by atoms with Crippen LogP contribution in [0.25, 0.3) is 22.2 Å². The van der Waals surface area contributed by atoms with E-state index in [1.807, 2.05) is 0 Å². The van der Waals surface area contributed by atoms with E-state index < -0.39 is 23.9 Å². The minimum absolute atomic E-state index is 0.0170. The van der Waals surface area contributed by atoms with E-state index in [0.717, 1.165) is 15.8 Å². The molecule has 1 N–H and O–H groups in total. The summed E-state index contributed by atoms with van der Waals surface area (Å²) in [6.07, 6.45) is -5.84. The first kappa shape index (κ1) is 23.0. The Morgan fingerprint density at radius 2 is 1.91 bits per heavy atom. The van der Waals surface area contributed by atoms with Gasteiger partial charge in [-0.3, -0.25) is 0 Å². The average molecular weight is 571 g/mol. The van der Waals surface area contributed by atoms with Gasteiger partial charge in [0, 0.05) is 20.3 Å². The first-order valence-corrected chi connectivity index (χ1v) is 11.7. The molecule has 0 saturated heterocycles. The third-order valence-corrected chi connectivity index (χ3v) is 6.82. The summed E-state index contributed by atoms with van der Waals surface area (Å²) in [7, 11) is 0. The van der Waals surface area contributed by atoms with Gasteiger partial charge in [0.1, 0.15) is 5.58 Å². The van der Waals surface area contributed by atoms with Crippen LogP contribution in [-0.4, -0.2) is 27.7 Å². The number of anilines is 1. The van der Waals surface area contributed by atoms with Crippen LogP contribution in [-0.2, 0) is 0 Å². The molecule has 0 amide bonds. The van der Waals surface area contributed by atoms with Gasteiger partial charge in [0.05, 0.1) is 23.4 Å². The number of thiazole rings is 1. The fourth-order valence-corrected chi connectivity index (χ4v) is 4.87. The van der Waals surface area contributed by atoms with E-state index in [4.69, 9.17) is 16.0 Å². The normalized spacial score (nSPS) is 18.5. The van der Waals surface area contributed by atoms with Crippen molar-refractivity contribution in [1.82, 2.24) is 4.98 Å². The Bertz CT molecular complexity index is 1500. The smallest absolute Gasteiger partial charge is 0.422 e. The fraction of sp³-hybridized carbons (Fsp3) is 0.136. The summed E-state index contributed by atoms with van der Waals surface area (Å²) in [5, 5.41) is 17.4. The fourth-order valence-electron chi connectivity index (χ4n) is 3.53. The van der Waals surface area contributed by atoms with Gasteiger partial charge in [-0.15, -0.1) is 11.3 Å². The van der Waals surface area contributed by atoms with Crippen molar-refractivity contribution >= 4 is 60.7 Å². The lowest BCUT2D eigenvalue weighted by Gasteiger charge is -2.32. The highest BCUT2D eigenvalue weighted by atomic mass is 79.9. The number of fused-ring (bicyclic) bond motifs is 1. The molecule has 3 heterocycles. The van der Waals surface area contributed by atoms with Crippen LogP contribution in [0.2, 0.25) is 5.02 Å². The maximum Gasteiger partial charge on any atom is 0.438 e. The third-order valence-electron chi connectivity index (χ3n) is 5.26. The molecule has 2 aromatic heterocycles. The quantitative estimate of drug-likeness (QED) is 0.297. The van der Waals surface area contributed by atoms with Crippen molar-refractivity contribution in [3.8, 4) is 11.3 Å². The van der Waals surface area contributed by atoms with E-state index in [0.29, 0.717) is 26.6 Å². The van der Waals surface area contributed by atoms with E-state index >= 15 is 0 Å². The summed E-state index contributed by atoms with van der Waals surface area (Å²) in [4.78, 5) is 16.7. The molecule has 0 aliphatic carbocycles. The lowest BCUT2D eigenvalue weighted by molar-refractivity contribution is -0.254. The minimum atomic E-state index is -5.04. The predicted octanol–water partition coefficient (Wildman–Crippen LogP) is 6.20. The van der Waals surface area contributed by atoms with Crippen LogP contribution in [0.3, 0.4) is 0 Å². The number of hydrogen-bond acceptors (Lipinski definition) is 7. The molecule has 0 bridgehead atoms. The molecule has 0 spiro atoms. The van der Waals surface area contributed by atoms with Crippen molar-refractivity contribution in [3.63, 3.8) is 0 Å². The van der Waals surface area contributed by atoms with Crippen LogP contribution < -0.4 is 10.6 Å². The molecular weight excluding hydrogens is 559 g/mol. The highest BCUT2D eigenvalue weighted by molar-refractivity contribution is 9.10. The zero-order chi connectivity index (χ0) is 24.3. The van der Waals surface area contributed by atoms with Gasteiger partial charge in [-0.2, -0.15) is 23.3 Å². The summed E-state index contributed by atoms with van der Waals surface area (Å²) < 4.78 is 48.0. The predicted molar refractivity (Wildman–Crippen MR) is 127 cm³/mol. The number of rotatable bonds is 3. The second kappa shape index (κ2) is 8.19. The molecule has 0 fully saturated rings. The van der Waals surface area contributed by atoms with Gasteiger partial charge in [0.2, 0.25) is 5.13 Å². The van der Waals surface area contributed by atoms with E-state index in [2.05, 4.69) is 26.0 Å². The van der Waals surface area contributed by atoms with Crippen molar-refractivity contribution in [2.24, 2.45) is 5.10 Å². The number of alkyl halides is 3. The van der Waals surface area contributed by atoms with Gasteiger partial charge in [-0.1, -0.05) is 39.7 Å². The Hall–Kier alpha value is -2.73. The summed E-state index contributed by atoms with van der Waals surface area (Å²) in [5.74, 6) is 0. The van der Waals surface area contributed by atoms with Crippen LogP contribution in [0.1, 0.15) is 12.0 Å². The van der Waals surface area contributed by atoms with Crippen LogP contribution in [0, 0.1) is 0 Å². The average Bonchev–Trinajstić information content (AvgIpc) is 3.39. The standard InChI is InChI=1S/C22H12BrClF3N3O3S/c23-13-3-6-18-12(7-13)8-15(19(31)33-18)17-10-34-20(28-17)30-21(32,22(25,26)27)9-16(29-30)11-1-4-14(24)5-2-11/h1-8,10,32H,9H2. The van der Waals surface area contributed by atoms with E-state index in [1.54, 1.807) is 24.3 Å². The van der Waals surface area contributed by atoms with Crippen molar-refractivity contribution in [1.29, 1.82) is 0 Å². The Morgan fingerprint density at radius 1 is 1.18 bits per heavy atom. The summed E-state index contributed by atoms with van der Waals surface area (Å²) >= 11 is 10.0. The molecule has 2 aromatic carbocycles. The first-order chi connectivity index (χ1) is 16.0. The molecule has 1 aliphatic heterocycles. The number of aromatic nitrogens is 1. The lowest BCUT2D eigenvalue weighted by atomic mass is 10.0. The summed E-state index contributed by atoms with van der Waals surface area (Å²) in [6.45, 7) is 0. The van der Waals surface area contributed by atoms with Crippen molar-refractivity contribution in [3.05, 3.63) is 79.4 Å². The Morgan fingerprint density at radius 3 is 2.62 bits per heavy atom. The van der Waals surface area contributed by atoms with E-state index in [1.165, 1.54) is 29.6 Å². The van der Waals surface area contributed by atoms with Crippen LogP contribution in [0.4, 0.5) is 18.3 Å². The Balaban J connectivity index is 1.58. The lowest BCUT2D eigenvalue weighted by Crippen LogP contribution is -2.55. The molecule has 12 heteroatoms. The van der Waals surface area contributed by atoms with Crippen molar-refractivity contribution in [2.45, 2.75) is 18.3 Å². The molecule has 1 atom stereocenters. The Kier molecular flexibility index (Phi) is 5.55. The monoisotopic (exact) mass is 569 g/mol. The number of nitrogens with zero attached hydrogens (tertiary/aromatic N) is 3. The third kappa shape index (κ3) is 3.92. The zero-order valence-electron chi connectivity index (χ0n) is 16.8. The maximum absolute atomic E-state index is 14.0. The number of aliphatic hydroxyl groups is 1. The Labute approximate surface area is 207 Å². The minimum Gasteiger partial charge on any atom is -0.422 e. The number of hydrogen-bond donors (Lipinski definition) is 1. The van der Waals surface area contributed by atoms with Gasteiger partial charge in [-0.05, 0) is 42.0 Å². The molecular formula is C22H12BrClF3N3O3S. The molecule has 0 radical (unpaired) electrons. The summed E-state index contributed by atoms with van der Waals surface area (Å²) in [6, 6.07) is 12.7. The molecule has 0 saturated carbocycles. The van der Waals surface area contributed by atoms with E-state index in [9.17, 15) is 23.1 Å². The molecule has 34 heavy (non-hydrogen) atoms. The molecule has 1 aliphatic rings. The largest absolute Gasteiger partial charge is 0.438 e. The van der Waals surface area contributed by atoms with Crippen molar-refractivity contribution < 1.29 is 22.7 Å². The van der Waals surface area contributed by atoms with Crippen LogP contribution in [0.15, 0.2) is 72.7 Å². The van der Waals surface area contributed by atoms with Crippen LogP contribution in [0.5, 0.6) is 0 Å². The SMILES string of the molecule is O=c1oc2ccc(Br)cc2cc1-c1csc(N2N=C(c3ccc(Cl)cc3)CC2(O)C(F)(F)F)n1. The van der Waals surface area contributed by atoms with Gasteiger partial charge in [0.15, 0.2) is 0 Å². The van der Waals surface area contributed by atoms with Crippen molar-refractivity contribution in [2.75, 3.05) is 5.01 Å². The van der Waals surface area contributed by atoms with Crippen LogP contribution >= 0.6 is 38.9 Å². The molecule has 5 rings (SSSR count). The highest BCUT2D eigenvalue weighted by Crippen LogP contribution is 2.45. The molecule has 174 valence electrons. The highest BCUT2D eigenvalue weighted by Gasteiger charge is 2.62. The van der Waals surface area contributed by atoms with E-state index in [-0.39, 0.29) is 22.1 Å². The number of benzene rings is 2. The molecule has 1 unspecified atom stereocenters. The molecule has 4 aromatic rings.